The van der Waals surface area contributed by atoms with E-state index in [1.807, 2.05) is 0 Å². The predicted molar refractivity (Wildman–Crippen MR) is 74.2 cm³/mol. The lowest BCUT2D eigenvalue weighted by Gasteiger charge is -2.07. The van der Waals surface area contributed by atoms with E-state index in [1.165, 1.54) is 18.9 Å². The molecule has 0 unspecified atom stereocenters. The number of hydrogen-bond acceptors (Lipinski definition) is 6. The second-order valence-electron chi connectivity index (χ2n) is 3.65. The van der Waals surface area contributed by atoms with Crippen molar-refractivity contribution in [3.05, 3.63) is 23.8 Å². The van der Waals surface area contributed by atoms with E-state index in [9.17, 15) is 9.59 Å². The summed E-state index contributed by atoms with van der Waals surface area (Å²) in [6.45, 7) is 2.08. The molecular weight excluding hydrogens is 266 g/mol. The molecule has 0 amide bonds. The number of carbonyl (C=O) groups is 2. The summed E-state index contributed by atoms with van der Waals surface area (Å²) in [5.74, 6) is -0.103. The molecular formula is C13H17NO4S. The number of carbonyl (C=O) groups excluding carboxylic acids is 2. The van der Waals surface area contributed by atoms with Crippen LogP contribution in [0.3, 0.4) is 0 Å². The maximum Gasteiger partial charge on any atom is 0.338 e. The summed E-state index contributed by atoms with van der Waals surface area (Å²) in [7, 11) is 1.35. The highest BCUT2D eigenvalue weighted by atomic mass is 32.2. The molecule has 0 aliphatic heterocycles. The first-order valence-corrected chi connectivity index (χ1v) is 6.83. The summed E-state index contributed by atoms with van der Waals surface area (Å²) in [6.07, 6.45) is 0.296. The number of nitrogen functional groups attached to an aromatic ring is 1. The molecule has 0 spiro atoms. The summed E-state index contributed by atoms with van der Waals surface area (Å²) in [4.78, 5) is 23.4. The van der Waals surface area contributed by atoms with E-state index in [0.29, 0.717) is 30.0 Å². The van der Waals surface area contributed by atoms with Gasteiger partial charge < -0.3 is 15.2 Å². The van der Waals surface area contributed by atoms with Crippen LogP contribution in [-0.2, 0) is 14.3 Å². The molecule has 5 nitrogen and oxygen atoms in total. The summed E-state index contributed by atoms with van der Waals surface area (Å²) in [5, 5.41) is 0. The van der Waals surface area contributed by atoms with E-state index in [4.69, 9.17) is 10.5 Å². The average molecular weight is 283 g/mol. The topological polar surface area (TPSA) is 78.6 Å². The van der Waals surface area contributed by atoms with Crippen molar-refractivity contribution < 1.29 is 19.1 Å². The predicted octanol–water partition coefficient (Wildman–Crippen LogP) is 2.10. The molecule has 1 aromatic carbocycles. The molecule has 104 valence electrons. The Balaban J connectivity index is 2.69. The van der Waals surface area contributed by atoms with E-state index in [-0.39, 0.29) is 11.9 Å². The van der Waals surface area contributed by atoms with E-state index < -0.39 is 0 Å². The lowest BCUT2D eigenvalue weighted by Crippen LogP contribution is -2.05. The van der Waals surface area contributed by atoms with Gasteiger partial charge in [-0.15, -0.1) is 11.8 Å². The molecule has 0 heterocycles. The molecule has 1 rings (SSSR count). The molecule has 0 aliphatic carbocycles. The highest BCUT2D eigenvalue weighted by molar-refractivity contribution is 7.99. The number of nitrogens with two attached hydrogens (primary N) is 1. The van der Waals surface area contributed by atoms with Gasteiger partial charge in [0.1, 0.15) is 0 Å². The van der Waals surface area contributed by atoms with Gasteiger partial charge in [-0.05, 0) is 25.1 Å². The van der Waals surface area contributed by atoms with Gasteiger partial charge >= 0.3 is 11.9 Å². The molecule has 0 atom stereocenters. The Morgan fingerprint density at radius 2 is 2.11 bits per heavy atom. The van der Waals surface area contributed by atoms with Crippen molar-refractivity contribution in [3.8, 4) is 0 Å². The Kier molecular flexibility index (Phi) is 6.21. The molecule has 0 saturated heterocycles. The second kappa shape index (κ2) is 7.68. The number of ether oxygens (including phenoxy) is 2. The smallest absolute Gasteiger partial charge is 0.338 e. The third-order valence-electron chi connectivity index (χ3n) is 2.32. The van der Waals surface area contributed by atoms with E-state index in [1.54, 1.807) is 25.1 Å². The fourth-order valence-electron chi connectivity index (χ4n) is 1.35. The molecule has 0 aliphatic rings. The molecule has 0 radical (unpaired) electrons. The van der Waals surface area contributed by atoms with Gasteiger partial charge in [0.25, 0.3) is 0 Å². The van der Waals surface area contributed by atoms with E-state index in [2.05, 4.69) is 4.74 Å². The summed E-state index contributed by atoms with van der Waals surface area (Å²) < 4.78 is 9.47. The first-order chi connectivity index (χ1) is 9.08. The Hall–Kier alpha value is -1.69. The van der Waals surface area contributed by atoms with Gasteiger partial charge in [0, 0.05) is 16.3 Å². The van der Waals surface area contributed by atoms with Crippen molar-refractivity contribution in [2.45, 2.75) is 18.2 Å². The van der Waals surface area contributed by atoms with Crippen LogP contribution in [0.2, 0.25) is 0 Å². The standard InChI is InChI=1S/C13H17NO4S/c1-3-18-13(16)9-4-5-10(14)11(8-9)19-7-6-12(15)17-2/h4-5,8H,3,6-7,14H2,1-2H3. The number of esters is 2. The Labute approximate surface area is 116 Å². The zero-order chi connectivity index (χ0) is 14.3. The molecule has 2 N–H and O–H groups in total. The van der Waals surface area contributed by atoms with Crippen LogP contribution >= 0.6 is 11.8 Å². The summed E-state index contributed by atoms with van der Waals surface area (Å²) >= 11 is 1.41. The fraction of sp³-hybridized carbons (Fsp3) is 0.385. The van der Waals surface area contributed by atoms with Crippen molar-refractivity contribution >= 4 is 29.4 Å². The van der Waals surface area contributed by atoms with Crippen LogP contribution < -0.4 is 5.73 Å². The lowest BCUT2D eigenvalue weighted by atomic mass is 10.2. The Morgan fingerprint density at radius 3 is 2.74 bits per heavy atom. The molecule has 0 bridgehead atoms. The zero-order valence-electron chi connectivity index (χ0n) is 11.0. The Morgan fingerprint density at radius 1 is 1.37 bits per heavy atom. The molecule has 6 heteroatoms. The lowest BCUT2D eigenvalue weighted by molar-refractivity contribution is -0.140. The van der Waals surface area contributed by atoms with E-state index >= 15 is 0 Å². The van der Waals surface area contributed by atoms with Gasteiger partial charge in [0.2, 0.25) is 0 Å². The SMILES string of the molecule is CCOC(=O)c1ccc(N)c(SCCC(=O)OC)c1. The van der Waals surface area contributed by atoms with Gasteiger partial charge in [-0.3, -0.25) is 4.79 Å². The number of hydrogen-bond donors (Lipinski definition) is 1. The van der Waals surface area contributed by atoms with E-state index in [0.717, 1.165) is 4.90 Å². The monoisotopic (exact) mass is 283 g/mol. The fourth-order valence-corrected chi connectivity index (χ4v) is 2.28. The second-order valence-corrected chi connectivity index (χ2v) is 4.78. The third-order valence-corrected chi connectivity index (χ3v) is 3.39. The number of rotatable bonds is 6. The molecule has 0 saturated carbocycles. The number of benzene rings is 1. The highest BCUT2D eigenvalue weighted by Crippen LogP contribution is 2.27. The van der Waals surface area contributed by atoms with Gasteiger partial charge in [-0.2, -0.15) is 0 Å². The van der Waals surface area contributed by atoms with Gasteiger partial charge in [-0.1, -0.05) is 0 Å². The average Bonchev–Trinajstić information content (AvgIpc) is 2.40. The minimum Gasteiger partial charge on any atom is -0.469 e. The van der Waals surface area contributed by atoms with Gasteiger partial charge in [0.05, 0.1) is 25.7 Å². The van der Waals surface area contributed by atoms with Crippen molar-refractivity contribution in [2.75, 3.05) is 25.2 Å². The van der Waals surface area contributed by atoms with Crippen molar-refractivity contribution in [1.82, 2.24) is 0 Å². The van der Waals surface area contributed by atoms with Crippen LogP contribution in [0, 0.1) is 0 Å². The number of anilines is 1. The van der Waals surface area contributed by atoms with Crippen LogP contribution in [0.15, 0.2) is 23.1 Å². The van der Waals surface area contributed by atoms with Crippen LogP contribution in [-0.4, -0.2) is 31.4 Å². The van der Waals surface area contributed by atoms with Crippen LogP contribution in [0.5, 0.6) is 0 Å². The maximum absolute atomic E-state index is 11.6. The van der Waals surface area contributed by atoms with Gasteiger partial charge in [0.15, 0.2) is 0 Å². The van der Waals surface area contributed by atoms with Crippen molar-refractivity contribution in [3.63, 3.8) is 0 Å². The quantitative estimate of drug-likeness (QED) is 0.489. The van der Waals surface area contributed by atoms with Crippen LogP contribution in [0.4, 0.5) is 5.69 Å². The third kappa shape index (κ3) is 4.82. The minimum atomic E-state index is -0.377. The highest BCUT2D eigenvalue weighted by Gasteiger charge is 2.10. The maximum atomic E-state index is 11.6. The molecule has 1 aromatic rings. The molecule has 0 aromatic heterocycles. The normalized spacial score (nSPS) is 10.0. The molecule has 19 heavy (non-hydrogen) atoms. The number of methoxy groups -OCH3 is 1. The first kappa shape index (κ1) is 15.4. The summed E-state index contributed by atoms with van der Waals surface area (Å²) in [6, 6.07) is 4.96. The van der Waals surface area contributed by atoms with Crippen LogP contribution in [0.25, 0.3) is 0 Å². The first-order valence-electron chi connectivity index (χ1n) is 5.84. The summed E-state index contributed by atoms with van der Waals surface area (Å²) in [5.41, 5.74) is 6.85. The largest absolute Gasteiger partial charge is 0.469 e. The minimum absolute atomic E-state index is 0.271. The zero-order valence-corrected chi connectivity index (χ0v) is 11.8. The molecule has 0 fully saturated rings. The Bertz CT molecular complexity index is 462. The van der Waals surface area contributed by atoms with Gasteiger partial charge in [-0.25, -0.2) is 4.79 Å². The van der Waals surface area contributed by atoms with Crippen molar-refractivity contribution in [2.24, 2.45) is 0 Å². The number of thioether (sulfide) groups is 1. The van der Waals surface area contributed by atoms with Crippen molar-refractivity contribution in [1.29, 1.82) is 0 Å². The van der Waals surface area contributed by atoms with Crippen LogP contribution in [0.1, 0.15) is 23.7 Å².